The van der Waals surface area contributed by atoms with Gasteiger partial charge in [0.05, 0.1) is 0 Å². The third-order valence-corrected chi connectivity index (χ3v) is 4.27. The maximum Gasteiger partial charge on any atom is 0.266 e. The smallest absolute Gasteiger partial charge is 0.266 e. The van der Waals surface area contributed by atoms with Gasteiger partial charge in [0.1, 0.15) is 28.8 Å². The first-order chi connectivity index (χ1) is 8.92. The summed E-state index contributed by atoms with van der Waals surface area (Å²) in [5.41, 5.74) is 0. The Balaban J connectivity index is 2.31. The van der Waals surface area contributed by atoms with Gasteiger partial charge in [-0.2, -0.15) is 0 Å². The summed E-state index contributed by atoms with van der Waals surface area (Å²) in [6, 6.07) is 4.49. The van der Waals surface area contributed by atoms with E-state index in [9.17, 15) is 8.42 Å². The van der Waals surface area contributed by atoms with Crippen molar-refractivity contribution in [3.63, 3.8) is 0 Å². The second-order valence-electron chi connectivity index (χ2n) is 3.76. The van der Waals surface area contributed by atoms with Crippen molar-refractivity contribution in [1.29, 1.82) is 0 Å². The number of aliphatic hydroxyl groups is 1. The standard InChI is InChI=1S/C11H11BrN2O4S/c1-7-10(4-9(6-15)18-7)19(16,17)14-11-3-2-8(12)5-13-11/h2-5,15H,6H2,1H3,(H,13,14). The summed E-state index contributed by atoms with van der Waals surface area (Å²) < 4.78 is 32.5. The zero-order chi connectivity index (χ0) is 14.0. The first-order valence-corrected chi connectivity index (χ1v) is 7.54. The molecule has 2 heterocycles. The SMILES string of the molecule is Cc1oc(CO)cc1S(=O)(=O)Nc1ccc(Br)cn1. The Bertz CT molecular complexity index is 679. The minimum absolute atomic E-state index is 0.0127. The average Bonchev–Trinajstić information content (AvgIpc) is 2.74. The highest BCUT2D eigenvalue weighted by atomic mass is 79.9. The number of halogens is 1. The van der Waals surface area contributed by atoms with Gasteiger partial charge in [-0.05, 0) is 35.0 Å². The molecule has 102 valence electrons. The summed E-state index contributed by atoms with van der Waals surface area (Å²) in [4.78, 5) is 3.92. The number of hydrogen-bond donors (Lipinski definition) is 2. The Morgan fingerprint density at radius 1 is 1.47 bits per heavy atom. The molecule has 2 aromatic heterocycles. The predicted molar refractivity (Wildman–Crippen MR) is 72.1 cm³/mol. The fourth-order valence-electron chi connectivity index (χ4n) is 1.50. The number of rotatable bonds is 4. The molecule has 0 aliphatic rings. The van der Waals surface area contributed by atoms with Crippen molar-refractivity contribution in [2.75, 3.05) is 4.72 Å². The number of sulfonamides is 1. The van der Waals surface area contributed by atoms with E-state index in [2.05, 4.69) is 25.6 Å². The van der Waals surface area contributed by atoms with E-state index < -0.39 is 10.0 Å². The molecule has 19 heavy (non-hydrogen) atoms. The molecular formula is C11H11BrN2O4S. The number of furan rings is 1. The molecule has 8 heteroatoms. The van der Waals surface area contributed by atoms with Gasteiger partial charge in [0.15, 0.2) is 0 Å². The van der Waals surface area contributed by atoms with Gasteiger partial charge in [-0.1, -0.05) is 0 Å². The van der Waals surface area contributed by atoms with Crippen LogP contribution in [0, 0.1) is 6.92 Å². The molecule has 0 atom stereocenters. The van der Waals surface area contributed by atoms with E-state index >= 15 is 0 Å². The quantitative estimate of drug-likeness (QED) is 0.883. The number of nitrogens with zero attached hydrogens (tertiary/aromatic N) is 1. The zero-order valence-corrected chi connectivity index (χ0v) is 12.3. The maximum absolute atomic E-state index is 12.1. The lowest BCUT2D eigenvalue weighted by atomic mass is 10.4. The molecule has 0 radical (unpaired) electrons. The average molecular weight is 347 g/mol. The van der Waals surface area contributed by atoms with Crippen LogP contribution in [0.2, 0.25) is 0 Å². The van der Waals surface area contributed by atoms with Crippen molar-refractivity contribution in [1.82, 2.24) is 4.98 Å². The predicted octanol–water partition coefficient (Wildman–Crippen LogP) is 2.04. The lowest BCUT2D eigenvalue weighted by Crippen LogP contribution is -2.14. The molecule has 2 aromatic rings. The molecule has 0 aromatic carbocycles. The van der Waals surface area contributed by atoms with Crippen LogP contribution in [0.1, 0.15) is 11.5 Å². The second-order valence-corrected chi connectivity index (χ2v) is 6.32. The molecule has 0 bridgehead atoms. The second kappa shape index (κ2) is 5.32. The van der Waals surface area contributed by atoms with Crippen LogP contribution >= 0.6 is 15.9 Å². The summed E-state index contributed by atoms with van der Waals surface area (Å²) in [6.45, 7) is 1.16. The minimum atomic E-state index is -3.78. The highest BCUT2D eigenvalue weighted by Crippen LogP contribution is 2.22. The van der Waals surface area contributed by atoms with Crippen LogP contribution in [0.4, 0.5) is 5.82 Å². The van der Waals surface area contributed by atoms with Gasteiger partial charge in [-0.15, -0.1) is 0 Å². The number of pyridine rings is 1. The number of aryl methyl sites for hydroxylation is 1. The van der Waals surface area contributed by atoms with Crippen molar-refractivity contribution in [3.8, 4) is 0 Å². The molecule has 0 aliphatic carbocycles. The fraction of sp³-hybridized carbons (Fsp3) is 0.182. The largest absolute Gasteiger partial charge is 0.462 e. The number of anilines is 1. The highest BCUT2D eigenvalue weighted by Gasteiger charge is 2.21. The Kier molecular flexibility index (Phi) is 3.93. The van der Waals surface area contributed by atoms with Crippen molar-refractivity contribution in [2.45, 2.75) is 18.4 Å². The van der Waals surface area contributed by atoms with Crippen LogP contribution in [0.3, 0.4) is 0 Å². The molecule has 0 saturated heterocycles. The van der Waals surface area contributed by atoms with Crippen LogP contribution in [0.15, 0.2) is 38.2 Å². The van der Waals surface area contributed by atoms with Crippen molar-refractivity contribution >= 4 is 31.8 Å². The van der Waals surface area contributed by atoms with Crippen LogP contribution in [-0.4, -0.2) is 18.5 Å². The molecule has 0 fully saturated rings. The molecule has 0 unspecified atom stereocenters. The van der Waals surface area contributed by atoms with Gasteiger partial charge in [-0.3, -0.25) is 4.72 Å². The van der Waals surface area contributed by atoms with Crippen LogP contribution in [0.25, 0.3) is 0 Å². The van der Waals surface area contributed by atoms with Gasteiger partial charge in [-0.25, -0.2) is 13.4 Å². The van der Waals surface area contributed by atoms with Crippen molar-refractivity contribution in [3.05, 3.63) is 40.4 Å². The van der Waals surface area contributed by atoms with Gasteiger partial charge in [0.2, 0.25) is 0 Å². The lowest BCUT2D eigenvalue weighted by Gasteiger charge is -2.05. The van der Waals surface area contributed by atoms with Gasteiger partial charge in [0.25, 0.3) is 10.0 Å². The van der Waals surface area contributed by atoms with Crippen LogP contribution in [0.5, 0.6) is 0 Å². The Morgan fingerprint density at radius 2 is 2.21 bits per heavy atom. The van der Waals surface area contributed by atoms with E-state index in [0.29, 0.717) is 0 Å². The van der Waals surface area contributed by atoms with E-state index in [0.717, 1.165) is 4.47 Å². The van der Waals surface area contributed by atoms with E-state index in [1.807, 2.05) is 0 Å². The first kappa shape index (κ1) is 14.0. The Hall–Kier alpha value is -1.38. The zero-order valence-electron chi connectivity index (χ0n) is 9.92. The molecule has 0 saturated carbocycles. The lowest BCUT2D eigenvalue weighted by molar-refractivity contribution is 0.245. The monoisotopic (exact) mass is 346 g/mol. The van der Waals surface area contributed by atoms with Crippen molar-refractivity contribution in [2.24, 2.45) is 0 Å². The minimum Gasteiger partial charge on any atom is -0.462 e. The van der Waals surface area contributed by atoms with Gasteiger partial charge < -0.3 is 9.52 Å². The summed E-state index contributed by atoms with van der Waals surface area (Å²) in [7, 11) is -3.78. The molecular weight excluding hydrogens is 336 g/mol. The van der Waals surface area contributed by atoms with E-state index in [-0.39, 0.29) is 28.8 Å². The molecule has 2 N–H and O–H groups in total. The third-order valence-electron chi connectivity index (χ3n) is 2.33. The van der Waals surface area contributed by atoms with Gasteiger partial charge >= 0.3 is 0 Å². The fourth-order valence-corrected chi connectivity index (χ4v) is 2.95. The number of nitrogens with one attached hydrogen (secondary N) is 1. The summed E-state index contributed by atoms with van der Waals surface area (Å²) >= 11 is 3.21. The van der Waals surface area contributed by atoms with Crippen molar-refractivity contribution < 1.29 is 17.9 Å². The highest BCUT2D eigenvalue weighted by molar-refractivity contribution is 9.10. The molecule has 2 rings (SSSR count). The van der Waals surface area contributed by atoms with E-state index in [1.54, 1.807) is 6.07 Å². The Labute approximate surface area is 118 Å². The third kappa shape index (κ3) is 3.14. The molecule has 0 spiro atoms. The summed E-state index contributed by atoms with van der Waals surface area (Å²) in [5.74, 6) is 0.615. The molecule has 0 aliphatic heterocycles. The molecule has 6 nitrogen and oxygen atoms in total. The van der Waals surface area contributed by atoms with Crippen LogP contribution in [-0.2, 0) is 16.6 Å². The molecule has 0 amide bonds. The Morgan fingerprint density at radius 3 is 2.74 bits per heavy atom. The maximum atomic E-state index is 12.1. The normalized spacial score (nSPS) is 11.5. The van der Waals surface area contributed by atoms with E-state index in [4.69, 9.17) is 9.52 Å². The number of aliphatic hydroxyl groups excluding tert-OH is 1. The summed E-state index contributed by atoms with van der Waals surface area (Å²) in [5, 5.41) is 8.93. The van der Waals surface area contributed by atoms with Crippen LogP contribution < -0.4 is 4.72 Å². The topological polar surface area (TPSA) is 92.4 Å². The number of hydrogen-bond acceptors (Lipinski definition) is 5. The van der Waals surface area contributed by atoms with Gasteiger partial charge in [0, 0.05) is 16.7 Å². The first-order valence-electron chi connectivity index (χ1n) is 5.27. The number of aromatic nitrogens is 1. The van der Waals surface area contributed by atoms with E-state index in [1.165, 1.54) is 25.3 Å². The summed E-state index contributed by atoms with van der Waals surface area (Å²) in [6.07, 6.45) is 1.49.